The van der Waals surface area contributed by atoms with Crippen LogP contribution in [-0.4, -0.2) is 36.3 Å². The smallest absolute Gasteiger partial charge is 0.356 e. The molecule has 4 nitrogen and oxygen atoms in total. The SMILES string of the molecule is CC(C)CNC(=O)C1CN(C(=O)CC(C)(C)C)CC1c1cccc(C(F)(F)F)c1. The number of rotatable bonds is 5. The second-order valence-electron chi connectivity index (χ2n) is 9.51. The molecule has 1 aromatic carbocycles. The van der Waals surface area contributed by atoms with Crippen LogP contribution in [0.3, 0.4) is 0 Å². The summed E-state index contributed by atoms with van der Waals surface area (Å²) in [7, 11) is 0. The number of halogens is 3. The molecule has 1 heterocycles. The Balaban J connectivity index is 2.30. The summed E-state index contributed by atoms with van der Waals surface area (Å²) in [4.78, 5) is 27.1. The molecule has 1 aliphatic heterocycles. The van der Waals surface area contributed by atoms with Crippen LogP contribution in [0, 0.1) is 17.3 Å². The molecule has 0 saturated carbocycles. The number of amides is 2. The van der Waals surface area contributed by atoms with Crippen molar-refractivity contribution in [3.05, 3.63) is 35.4 Å². The number of benzene rings is 1. The molecule has 0 aliphatic carbocycles. The zero-order chi connectivity index (χ0) is 22.0. The van der Waals surface area contributed by atoms with Crippen LogP contribution >= 0.6 is 0 Å². The molecule has 162 valence electrons. The van der Waals surface area contributed by atoms with E-state index in [9.17, 15) is 22.8 Å². The Bertz CT molecular complexity index is 738. The van der Waals surface area contributed by atoms with E-state index in [1.54, 1.807) is 11.0 Å². The first kappa shape index (κ1) is 23.2. The van der Waals surface area contributed by atoms with Crippen molar-refractivity contribution in [1.29, 1.82) is 0 Å². The van der Waals surface area contributed by atoms with Crippen molar-refractivity contribution in [2.45, 2.75) is 53.1 Å². The Hall–Kier alpha value is -2.05. The van der Waals surface area contributed by atoms with Crippen LogP contribution < -0.4 is 5.32 Å². The van der Waals surface area contributed by atoms with Crippen molar-refractivity contribution in [2.24, 2.45) is 17.3 Å². The minimum absolute atomic E-state index is 0.0753. The Kier molecular flexibility index (Phi) is 7.01. The first-order chi connectivity index (χ1) is 13.3. The molecule has 7 heteroatoms. The lowest BCUT2D eigenvalue weighted by molar-refractivity contribution is -0.137. The van der Waals surface area contributed by atoms with Gasteiger partial charge in [-0.1, -0.05) is 52.8 Å². The lowest BCUT2D eigenvalue weighted by Crippen LogP contribution is -2.37. The second-order valence-corrected chi connectivity index (χ2v) is 9.51. The fourth-order valence-electron chi connectivity index (χ4n) is 3.56. The summed E-state index contributed by atoms with van der Waals surface area (Å²) in [6.07, 6.45) is -4.13. The Labute approximate surface area is 170 Å². The van der Waals surface area contributed by atoms with Crippen molar-refractivity contribution >= 4 is 11.8 Å². The average molecular weight is 412 g/mol. The summed E-state index contributed by atoms with van der Waals surface area (Å²) in [5.41, 5.74) is -0.507. The topological polar surface area (TPSA) is 49.4 Å². The van der Waals surface area contributed by atoms with E-state index in [1.807, 2.05) is 34.6 Å². The summed E-state index contributed by atoms with van der Waals surface area (Å²) in [5, 5.41) is 2.88. The fraction of sp³-hybridized carbons (Fsp3) is 0.636. The quantitative estimate of drug-likeness (QED) is 0.777. The third-order valence-electron chi connectivity index (χ3n) is 5.02. The standard InChI is InChI=1S/C22H31F3N2O2/c1-14(2)11-26-20(29)18-13-27(19(28)10-21(3,4)5)12-17(18)15-7-6-8-16(9-15)22(23,24)25/h6-9,14,17-18H,10-13H2,1-5H3,(H,26,29). The number of carbonyl (C=O) groups is 2. The molecule has 0 spiro atoms. The fourth-order valence-corrected chi connectivity index (χ4v) is 3.56. The number of hydrogen-bond donors (Lipinski definition) is 1. The summed E-state index contributed by atoms with van der Waals surface area (Å²) in [5.74, 6) is -1.07. The highest BCUT2D eigenvalue weighted by Gasteiger charge is 2.41. The van der Waals surface area contributed by atoms with Crippen LogP contribution in [0.1, 0.15) is 58.1 Å². The van der Waals surface area contributed by atoms with E-state index >= 15 is 0 Å². The molecule has 0 aromatic heterocycles. The van der Waals surface area contributed by atoms with Crippen LogP contribution in [0.2, 0.25) is 0 Å². The van der Waals surface area contributed by atoms with Crippen molar-refractivity contribution in [1.82, 2.24) is 10.2 Å². The van der Waals surface area contributed by atoms with Crippen LogP contribution in [-0.2, 0) is 15.8 Å². The van der Waals surface area contributed by atoms with Crippen LogP contribution in [0.4, 0.5) is 13.2 Å². The van der Waals surface area contributed by atoms with Gasteiger partial charge in [-0.05, 0) is 23.0 Å². The van der Waals surface area contributed by atoms with E-state index in [2.05, 4.69) is 5.32 Å². The lowest BCUT2D eigenvalue weighted by atomic mass is 9.87. The number of hydrogen-bond acceptors (Lipinski definition) is 2. The molecule has 1 saturated heterocycles. The van der Waals surface area contributed by atoms with Gasteiger partial charge in [-0.15, -0.1) is 0 Å². The molecule has 0 bridgehead atoms. The van der Waals surface area contributed by atoms with Crippen LogP contribution in [0.15, 0.2) is 24.3 Å². The second kappa shape index (κ2) is 8.76. The van der Waals surface area contributed by atoms with Gasteiger partial charge in [0.15, 0.2) is 0 Å². The maximum Gasteiger partial charge on any atom is 0.416 e. The molecule has 1 aliphatic rings. The van der Waals surface area contributed by atoms with E-state index in [0.717, 1.165) is 12.1 Å². The first-order valence-corrected chi connectivity index (χ1v) is 10.0. The first-order valence-electron chi connectivity index (χ1n) is 10.0. The van der Waals surface area contributed by atoms with Gasteiger partial charge in [-0.2, -0.15) is 13.2 Å². The number of nitrogens with zero attached hydrogens (tertiary/aromatic N) is 1. The predicted octanol–water partition coefficient (Wildman–Crippen LogP) is 4.46. The van der Waals surface area contributed by atoms with E-state index < -0.39 is 23.6 Å². The zero-order valence-corrected chi connectivity index (χ0v) is 17.8. The van der Waals surface area contributed by atoms with E-state index in [-0.39, 0.29) is 36.2 Å². The predicted molar refractivity (Wildman–Crippen MR) is 106 cm³/mol. The number of likely N-dealkylation sites (tertiary alicyclic amines) is 1. The van der Waals surface area contributed by atoms with Crippen LogP contribution in [0.5, 0.6) is 0 Å². The molecule has 2 rings (SSSR count). The van der Waals surface area contributed by atoms with Gasteiger partial charge in [0.1, 0.15) is 0 Å². The number of carbonyl (C=O) groups excluding carboxylic acids is 2. The lowest BCUT2D eigenvalue weighted by Gasteiger charge is -2.23. The molecule has 1 N–H and O–H groups in total. The molecular weight excluding hydrogens is 381 g/mol. The molecule has 1 fully saturated rings. The van der Waals surface area contributed by atoms with Crippen molar-refractivity contribution in [3.63, 3.8) is 0 Å². The average Bonchev–Trinajstić information content (AvgIpc) is 3.03. The van der Waals surface area contributed by atoms with Gasteiger partial charge in [-0.25, -0.2) is 0 Å². The highest BCUT2D eigenvalue weighted by molar-refractivity contribution is 5.83. The largest absolute Gasteiger partial charge is 0.416 e. The summed E-state index contributed by atoms with van der Waals surface area (Å²) < 4.78 is 39.5. The molecule has 2 atom stereocenters. The van der Waals surface area contributed by atoms with Gasteiger partial charge >= 0.3 is 6.18 Å². The van der Waals surface area contributed by atoms with E-state index in [1.165, 1.54) is 6.07 Å². The van der Waals surface area contributed by atoms with Gasteiger partial charge in [0.05, 0.1) is 11.5 Å². The zero-order valence-electron chi connectivity index (χ0n) is 17.8. The summed E-state index contributed by atoms with van der Waals surface area (Å²) in [6.45, 7) is 10.8. The maximum absolute atomic E-state index is 13.2. The molecule has 1 aromatic rings. The molecule has 2 amide bonds. The highest BCUT2D eigenvalue weighted by Crippen LogP contribution is 2.37. The van der Waals surface area contributed by atoms with E-state index in [4.69, 9.17) is 0 Å². The Morgan fingerprint density at radius 3 is 2.38 bits per heavy atom. The Morgan fingerprint density at radius 1 is 1.17 bits per heavy atom. The van der Waals surface area contributed by atoms with Gasteiger partial charge < -0.3 is 10.2 Å². The van der Waals surface area contributed by atoms with E-state index in [0.29, 0.717) is 18.5 Å². The van der Waals surface area contributed by atoms with Gasteiger partial charge in [0, 0.05) is 32.0 Å². The normalized spacial score (nSPS) is 20.2. The molecule has 0 radical (unpaired) electrons. The van der Waals surface area contributed by atoms with Crippen LogP contribution in [0.25, 0.3) is 0 Å². The van der Waals surface area contributed by atoms with Crippen molar-refractivity contribution in [2.75, 3.05) is 19.6 Å². The third-order valence-corrected chi connectivity index (χ3v) is 5.02. The molecule has 29 heavy (non-hydrogen) atoms. The number of alkyl halides is 3. The van der Waals surface area contributed by atoms with Gasteiger partial charge in [0.25, 0.3) is 0 Å². The van der Waals surface area contributed by atoms with Crippen molar-refractivity contribution < 1.29 is 22.8 Å². The van der Waals surface area contributed by atoms with Crippen molar-refractivity contribution in [3.8, 4) is 0 Å². The maximum atomic E-state index is 13.2. The number of nitrogens with one attached hydrogen (secondary N) is 1. The van der Waals surface area contributed by atoms with Gasteiger partial charge in [-0.3, -0.25) is 9.59 Å². The summed E-state index contributed by atoms with van der Waals surface area (Å²) >= 11 is 0. The molecule has 2 unspecified atom stereocenters. The minimum Gasteiger partial charge on any atom is -0.356 e. The highest BCUT2D eigenvalue weighted by atomic mass is 19.4. The van der Waals surface area contributed by atoms with Gasteiger partial charge in [0.2, 0.25) is 11.8 Å². The molecular formula is C22H31F3N2O2. The minimum atomic E-state index is -4.45. The third kappa shape index (κ3) is 6.47. The monoisotopic (exact) mass is 412 g/mol. The Morgan fingerprint density at radius 2 is 1.83 bits per heavy atom. The summed E-state index contributed by atoms with van der Waals surface area (Å²) in [6, 6.07) is 5.10.